The second-order valence-corrected chi connectivity index (χ2v) is 4.77. The summed E-state index contributed by atoms with van der Waals surface area (Å²) in [5.41, 5.74) is 0. The molecule has 7 nitrogen and oxygen atoms in total. The third-order valence-corrected chi connectivity index (χ3v) is 2.84. The van der Waals surface area contributed by atoms with Crippen LogP contribution in [0.5, 0.6) is 5.75 Å². The zero-order valence-corrected chi connectivity index (χ0v) is 12.2. The zero-order chi connectivity index (χ0) is 14.7. The van der Waals surface area contributed by atoms with Gasteiger partial charge in [0, 0.05) is 5.02 Å². The van der Waals surface area contributed by atoms with E-state index in [2.05, 4.69) is 20.7 Å². The van der Waals surface area contributed by atoms with Gasteiger partial charge in [0.2, 0.25) is 0 Å². The predicted octanol–water partition coefficient (Wildman–Crippen LogP) is 1.92. The highest BCUT2D eigenvalue weighted by atomic mass is 35.5. The minimum Gasteiger partial charge on any atom is -0.479 e. The molecule has 1 atom stereocenters. The lowest BCUT2D eigenvalue weighted by Gasteiger charge is -2.14. The molecule has 0 aliphatic carbocycles. The van der Waals surface area contributed by atoms with Crippen LogP contribution in [0.2, 0.25) is 10.0 Å². The first-order chi connectivity index (χ1) is 9.45. The summed E-state index contributed by atoms with van der Waals surface area (Å²) in [4.78, 5) is 13.1. The average Bonchev–Trinajstić information content (AvgIpc) is 2.78. The Morgan fingerprint density at radius 3 is 2.80 bits per heavy atom. The Labute approximate surface area is 124 Å². The van der Waals surface area contributed by atoms with Crippen molar-refractivity contribution in [3.63, 3.8) is 0 Å². The lowest BCUT2D eigenvalue weighted by atomic mass is 10.3. The van der Waals surface area contributed by atoms with Gasteiger partial charge in [-0.3, -0.25) is 10.1 Å². The summed E-state index contributed by atoms with van der Waals surface area (Å²) < 4.78 is 5.46. The summed E-state index contributed by atoms with van der Waals surface area (Å²) in [5, 5.41) is 14.4. The van der Waals surface area contributed by atoms with Crippen molar-refractivity contribution in [1.82, 2.24) is 20.2 Å². The molecule has 0 aliphatic rings. The molecular formula is C11H11Cl2N5O2. The highest BCUT2D eigenvalue weighted by Gasteiger charge is 2.18. The monoisotopic (exact) mass is 315 g/mol. The van der Waals surface area contributed by atoms with Crippen molar-refractivity contribution in [2.75, 3.05) is 5.32 Å². The average molecular weight is 316 g/mol. The molecule has 0 saturated carbocycles. The Hall–Kier alpha value is -1.86. The minimum absolute atomic E-state index is 0.107. The number of hydrogen-bond donors (Lipinski definition) is 1. The SMILES string of the molecule is CC(Oc1ccc(Cl)cc1Cl)C(=O)Nc1nnn(C)n1. The Balaban J connectivity index is 2.00. The maximum absolute atomic E-state index is 11.9. The largest absolute Gasteiger partial charge is 0.479 e. The fourth-order valence-electron chi connectivity index (χ4n) is 1.36. The number of tetrazole rings is 1. The predicted molar refractivity (Wildman–Crippen MR) is 74.0 cm³/mol. The van der Waals surface area contributed by atoms with Crippen LogP contribution in [0.4, 0.5) is 5.95 Å². The maximum Gasteiger partial charge on any atom is 0.270 e. The van der Waals surface area contributed by atoms with E-state index in [1.54, 1.807) is 26.1 Å². The van der Waals surface area contributed by atoms with E-state index in [0.29, 0.717) is 15.8 Å². The van der Waals surface area contributed by atoms with Gasteiger partial charge in [-0.05, 0) is 30.3 Å². The third kappa shape index (κ3) is 3.58. The maximum atomic E-state index is 11.9. The molecule has 1 heterocycles. The molecule has 1 unspecified atom stereocenters. The van der Waals surface area contributed by atoms with Crippen LogP contribution in [0.15, 0.2) is 18.2 Å². The fourth-order valence-corrected chi connectivity index (χ4v) is 1.81. The van der Waals surface area contributed by atoms with Gasteiger partial charge in [0.25, 0.3) is 11.9 Å². The van der Waals surface area contributed by atoms with E-state index >= 15 is 0 Å². The van der Waals surface area contributed by atoms with Gasteiger partial charge in [-0.1, -0.05) is 28.3 Å². The number of nitrogens with one attached hydrogen (secondary N) is 1. The van der Waals surface area contributed by atoms with Gasteiger partial charge in [-0.2, -0.15) is 4.80 Å². The summed E-state index contributed by atoms with van der Waals surface area (Å²) in [5.74, 6) is 0.0602. The van der Waals surface area contributed by atoms with Crippen molar-refractivity contribution in [3.05, 3.63) is 28.2 Å². The van der Waals surface area contributed by atoms with Crippen molar-refractivity contribution < 1.29 is 9.53 Å². The highest BCUT2D eigenvalue weighted by Crippen LogP contribution is 2.28. The van der Waals surface area contributed by atoms with Gasteiger partial charge in [-0.15, -0.1) is 5.10 Å². The molecule has 0 aliphatic heterocycles. The van der Waals surface area contributed by atoms with E-state index in [-0.39, 0.29) is 5.95 Å². The van der Waals surface area contributed by atoms with Crippen LogP contribution in [0, 0.1) is 0 Å². The molecule has 1 aromatic carbocycles. The second kappa shape index (κ2) is 6.06. The van der Waals surface area contributed by atoms with Gasteiger partial charge in [0.05, 0.1) is 12.1 Å². The molecule has 1 N–H and O–H groups in total. The van der Waals surface area contributed by atoms with Gasteiger partial charge >= 0.3 is 0 Å². The molecule has 2 rings (SSSR count). The molecule has 0 bridgehead atoms. The molecule has 0 radical (unpaired) electrons. The molecule has 2 aromatic rings. The van der Waals surface area contributed by atoms with Crippen LogP contribution in [0.3, 0.4) is 0 Å². The summed E-state index contributed by atoms with van der Waals surface area (Å²) in [6.45, 7) is 1.58. The number of aromatic nitrogens is 4. The molecule has 0 saturated heterocycles. The van der Waals surface area contributed by atoms with E-state index in [1.165, 1.54) is 10.9 Å². The fraction of sp³-hybridized carbons (Fsp3) is 0.273. The molecular weight excluding hydrogens is 305 g/mol. The number of rotatable bonds is 4. The molecule has 1 amide bonds. The van der Waals surface area contributed by atoms with Gasteiger partial charge in [0.15, 0.2) is 6.10 Å². The van der Waals surface area contributed by atoms with E-state index in [9.17, 15) is 4.79 Å². The number of anilines is 1. The van der Waals surface area contributed by atoms with Crippen molar-refractivity contribution in [1.29, 1.82) is 0 Å². The van der Waals surface area contributed by atoms with E-state index in [4.69, 9.17) is 27.9 Å². The summed E-state index contributed by atoms with van der Waals surface area (Å²) in [6.07, 6.45) is -0.780. The number of halogens is 2. The van der Waals surface area contributed by atoms with Crippen molar-refractivity contribution in [2.24, 2.45) is 7.05 Å². The molecule has 0 spiro atoms. The molecule has 106 valence electrons. The lowest BCUT2D eigenvalue weighted by Crippen LogP contribution is -2.30. The Morgan fingerprint density at radius 1 is 1.45 bits per heavy atom. The van der Waals surface area contributed by atoms with Crippen LogP contribution in [0.25, 0.3) is 0 Å². The quantitative estimate of drug-likeness (QED) is 0.932. The van der Waals surface area contributed by atoms with E-state index in [0.717, 1.165) is 0 Å². The topological polar surface area (TPSA) is 81.9 Å². The molecule has 1 aromatic heterocycles. The highest BCUT2D eigenvalue weighted by molar-refractivity contribution is 6.35. The Bertz CT molecular complexity index is 631. The number of carbonyl (C=O) groups is 1. The third-order valence-electron chi connectivity index (χ3n) is 2.31. The summed E-state index contributed by atoms with van der Waals surface area (Å²) in [6, 6.07) is 4.75. The van der Waals surface area contributed by atoms with Crippen molar-refractivity contribution in [3.8, 4) is 5.75 Å². The molecule has 0 fully saturated rings. The minimum atomic E-state index is -0.780. The second-order valence-electron chi connectivity index (χ2n) is 3.93. The molecule has 9 heteroatoms. The van der Waals surface area contributed by atoms with Crippen LogP contribution < -0.4 is 10.1 Å². The standard InChI is InChI=1S/C11H11Cl2N5O2/c1-6(10(19)14-11-15-17-18(2)16-11)20-9-4-3-7(12)5-8(9)13/h3-6H,1-2H3,(H,14,16,19). The van der Waals surface area contributed by atoms with Crippen molar-refractivity contribution >= 4 is 35.1 Å². The van der Waals surface area contributed by atoms with Gasteiger partial charge in [0.1, 0.15) is 5.75 Å². The Morgan fingerprint density at radius 2 is 2.20 bits per heavy atom. The number of nitrogens with zero attached hydrogens (tertiary/aromatic N) is 4. The Kier molecular flexibility index (Phi) is 4.41. The van der Waals surface area contributed by atoms with E-state index in [1.807, 2.05) is 0 Å². The van der Waals surface area contributed by atoms with Crippen molar-refractivity contribution in [2.45, 2.75) is 13.0 Å². The first kappa shape index (κ1) is 14.5. The van der Waals surface area contributed by atoms with Crippen LogP contribution in [0.1, 0.15) is 6.92 Å². The van der Waals surface area contributed by atoms with Gasteiger partial charge in [-0.25, -0.2) is 0 Å². The number of amides is 1. The number of benzene rings is 1. The normalized spacial score (nSPS) is 12.0. The van der Waals surface area contributed by atoms with Crippen LogP contribution >= 0.6 is 23.2 Å². The first-order valence-corrected chi connectivity index (χ1v) is 6.38. The van der Waals surface area contributed by atoms with Crippen LogP contribution in [-0.4, -0.2) is 32.2 Å². The number of hydrogen-bond acceptors (Lipinski definition) is 5. The zero-order valence-electron chi connectivity index (χ0n) is 10.7. The van der Waals surface area contributed by atoms with Gasteiger partial charge < -0.3 is 4.74 Å². The number of ether oxygens (including phenoxy) is 1. The molecule has 20 heavy (non-hydrogen) atoms. The number of aryl methyl sites for hydroxylation is 1. The number of carbonyl (C=O) groups excluding carboxylic acids is 1. The summed E-state index contributed by atoms with van der Waals surface area (Å²) >= 11 is 11.7. The summed E-state index contributed by atoms with van der Waals surface area (Å²) in [7, 11) is 1.59. The van der Waals surface area contributed by atoms with E-state index < -0.39 is 12.0 Å². The first-order valence-electron chi connectivity index (χ1n) is 5.62. The smallest absolute Gasteiger partial charge is 0.270 e. The van der Waals surface area contributed by atoms with Crippen LogP contribution in [-0.2, 0) is 11.8 Å². The lowest BCUT2D eigenvalue weighted by molar-refractivity contribution is -0.122.